The first-order valence-electron chi connectivity index (χ1n) is 14.6. The standard InChI is InChI=1S/C32H48O4/c1-2-4-6-16-26-32(27-17-7-5-3-1,35-33-28-18-14-24-30-20-10-8-11-21-30)36-34-29-19-15-25-31-22-12-9-13-23-31/h8-13,20-23H,1-7,14-19,24-29H2. The van der Waals surface area contributed by atoms with Crippen LogP contribution in [0.25, 0.3) is 0 Å². The third-order valence-corrected chi connectivity index (χ3v) is 7.11. The van der Waals surface area contributed by atoms with Crippen molar-refractivity contribution in [3.63, 3.8) is 0 Å². The molecule has 200 valence electrons. The maximum atomic E-state index is 6.06. The van der Waals surface area contributed by atoms with Crippen LogP contribution in [0, 0.1) is 0 Å². The van der Waals surface area contributed by atoms with Crippen LogP contribution in [0.4, 0.5) is 0 Å². The summed E-state index contributed by atoms with van der Waals surface area (Å²) in [4.78, 5) is 23.7. The number of aryl methyl sites for hydroxylation is 2. The van der Waals surface area contributed by atoms with E-state index in [1.54, 1.807) is 0 Å². The summed E-state index contributed by atoms with van der Waals surface area (Å²) in [6.45, 7) is 1.16. The molecule has 0 spiro atoms. The topological polar surface area (TPSA) is 36.9 Å². The van der Waals surface area contributed by atoms with Crippen LogP contribution in [0.5, 0.6) is 0 Å². The molecule has 0 aliphatic heterocycles. The average Bonchev–Trinajstić information content (AvgIpc) is 2.91. The summed E-state index contributed by atoms with van der Waals surface area (Å²) < 4.78 is 0. The Morgan fingerprint density at radius 2 is 0.861 bits per heavy atom. The predicted molar refractivity (Wildman–Crippen MR) is 146 cm³/mol. The Bertz CT molecular complexity index is 699. The largest absolute Gasteiger partial charge is 0.234 e. The van der Waals surface area contributed by atoms with Crippen LogP contribution in [-0.4, -0.2) is 19.0 Å². The van der Waals surface area contributed by atoms with Crippen molar-refractivity contribution in [3.05, 3.63) is 71.8 Å². The molecule has 0 amide bonds. The Morgan fingerprint density at radius 3 is 1.28 bits per heavy atom. The predicted octanol–water partition coefficient (Wildman–Crippen LogP) is 8.93. The van der Waals surface area contributed by atoms with E-state index in [2.05, 4.69) is 60.7 Å². The summed E-state index contributed by atoms with van der Waals surface area (Å²) in [7, 11) is 0. The minimum absolute atomic E-state index is 0.578. The van der Waals surface area contributed by atoms with E-state index >= 15 is 0 Å². The van der Waals surface area contributed by atoms with Crippen LogP contribution in [-0.2, 0) is 32.4 Å². The molecule has 1 aliphatic rings. The maximum absolute atomic E-state index is 6.06. The van der Waals surface area contributed by atoms with Crippen molar-refractivity contribution >= 4 is 0 Å². The Balaban J connectivity index is 1.42. The van der Waals surface area contributed by atoms with Crippen LogP contribution >= 0.6 is 0 Å². The van der Waals surface area contributed by atoms with Crippen molar-refractivity contribution in [3.8, 4) is 0 Å². The first-order chi connectivity index (χ1) is 17.9. The normalized spacial score (nSPS) is 17.2. The summed E-state index contributed by atoms with van der Waals surface area (Å²) in [6, 6.07) is 21.3. The Kier molecular flexibility index (Phi) is 14.8. The second-order valence-corrected chi connectivity index (χ2v) is 10.3. The SMILES string of the molecule is c1ccc(CCCCOOC2(OOCCCCc3ccccc3)CCCCCCCCCCC2)cc1. The van der Waals surface area contributed by atoms with Crippen LogP contribution in [0.1, 0.15) is 107 Å². The molecule has 2 aromatic rings. The molecule has 1 saturated carbocycles. The highest BCUT2D eigenvalue weighted by atomic mass is 17.3. The van der Waals surface area contributed by atoms with Gasteiger partial charge in [-0.25, -0.2) is 9.78 Å². The van der Waals surface area contributed by atoms with E-state index in [0.717, 1.165) is 64.2 Å². The van der Waals surface area contributed by atoms with Gasteiger partial charge in [0, 0.05) is 12.8 Å². The third kappa shape index (κ3) is 12.5. The molecule has 36 heavy (non-hydrogen) atoms. The Hall–Kier alpha value is -1.72. The molecule has 0 N–H and O–H groups in total. The number of benzene rings is 2. The highest BCUT2D eigenvalue weighted by Gasteiger charge is 2.35. The van der Waals surface area contributed by atoms with Gasteiger partial charge in [0.1, 0.15) is 0 Å². The van der Waals surface area contributed by atoms with E-state index in [1.807, 2.05) is 0 Å². The fraction of sp³-hybridized carbons (Fsp3) is 0.625. The van der Waals surface area contributed by atoms with E-state index in [1.165, 1.54) is 56.1 Å². The second-order valence-electron chi connectivity index (χ2n) is 10.3. The lowest BCUT2D eigenvalue weighted by Crippen LogP contribution is -2.37. The second kappa shape index (κ2) is 18.5. The van der Waals surface area contributed by atoms with Crippen LogP contribution in [0.3, 0.4) is 0 Å². The van der Waals surface area contributed by atoms with E-state index < -0.39 is 5.79 Å². The highest BCUT2D eigenvalue weighted by Crippen LogP contribution is 2.30. The zero-order chi connectivity index (χ0) is 25.0. The molecule has 0 radical (unpaired) electrons. The molecule has 1 aliphatic carbocycles. The van der Waals surface area contributed by atoms with Crippen molar-refractivity contribution in [2.75, 3.05) is 13.2 Å². The molecule has 0 bridgehead atoms. The zero-order valence-corrected chi connectivity index (χ0v) is 22.3. The van der Waals surface area contributed by atoms with E-state index in [0.29, 0.717) is 13.2 Å². The molecule has 0 aromatic heterocycles. The molecule has 4 nitrogen and oxygen atoms in total. The average molecular weight is 497 g/mol. The van der Waals surface area contributed by atoms with Gasteiger partial charge in [0.05, 0.1) is 13.2 Å². The minimum Gasteiger partial charge on any atom is -0.234 e. The summed E-state index contributed by atoms with van der Waals surface area (Å²) >= 11 is 0. The van der Waals surface area contributed by atoms with Gasteiger partial charge >= 0.3 is 0 Å². The van der Waals surface area contributed by atoms with Crippen LogP contribution in [0.2, 0.25) is 0 Å². The van der Waals surface area contributed by atoms with Gasteiger partial charge in [-0.3, -0.25) is 0 Å². The summed E-state index contributed by atoms with van der Waals surface area (Å²) in [6.07, 6.45) is 19.1. The van der Waals surface area contributed by atoms with E-state index in [4.69, 9.17) is 19.6 Å². The lowest BCUT2D eigenvalue weighted by molar-refractivity contribution is -0.515. The number of unbranched alkanes of at least 4 members (excludes halogenated alkanes) is 2. The van der Waals surface area contributed by atoms with Gasteiger partial charge in [0.25, 0.3) is 0 Å². The van der Waals surface area contributed by atoms with Gasteiger partial charge in [-0.2, -0.15) is 9.78 Å². The fourth-order valence-corrected chi connectivity index (χ4v) is 4.90. The van der Waals surface area contributed by atoms with Gasteiger partial charge in [0.15, 0.2) is 0 Å². The molecular weight excluding hydrogens is 448 g/mol. The van der Waals surface area contributed by atoms with Crippen molar-refractivity contribution in [2.24, 2.45) is 0 Å². The lowest BCUT2D eigenvalue weighted by atomic mass is 9.97. The number of hydrogen-bond donors (Lipinski definition) is 0. The first kappa shape index (κ1) is 28.8. The van der Waals surface area contributed by atoms with Gasteiger partial charge in [-0.05, 0) is 62.5 Å². The van der Waals surface area contributed by atoms with E-state index in [-0.39, 0.29) is 0 Å². The van der Waals surface area contributed by atoms with Gasteiger partial charge < -0.3 is 0 Å². The zero-order valence-electron chi connectivity index (χ0n) is 22.3. The van der Waals surface area contributed by atoms with Crippen molar-refractivity contribution in [1.29, 1.82) is 0 Å². The van der Waals surface area contributed by atoms with Gasteiger partial charge in [0.2, 0.25) is 5.79 Å². The van der Waals surface area contributed by atoms with Gasteiger partial charge in [-0.15, -0.1) is 0 Å². The summed E-state index contributed by atoms with van der Waals surface area (Å²) in [5, 5.41) is 0. The molecule has 4 heteroatoms. The molecule has 1 fully saturated rings. The summed E-state index contributed by atoms with van der Waals surface area (Å²) in [5.41, 5.74) is 2.75. The highest BCUT2D eigenvalue weighted by molar-refractivity contribution is 5.15. The Morgan fingerprint density at radius 1 is 0.472 bits per heavy atom. The molecular formula is C32H48O4. The molecule has 3 rings (SSSR count). The monoisotopic (exact) mass is 496 g/mol. The Labute approximate surface area is 219 Å². The first-order valence-corrected chi connectivity index (χ1v) is 14.6. The molecule has 0 atom stereocenters. The molecule has 0 saturated heterocycles. The number of rotatable bonds is 14. The lowest BCUT2D eigenvalue weighted by Gasteiger charge is -2.31. The molecule has 0 unspecified atom stereocenters. The molecule has 0 heterocycles. The maximum Gasteiger partial charge on any atom is 0.233 e. The van der Waals surface area contributed by atoms with E-state index in [9.17, 15) is 0 Å². The van der Waals surface area contributed by atoms with Crippen molar-refractivity contribution in [1.82, 2.24) is 0 Å². The number of hydrogen-bond acceptors (Lipinski definition) is 4. The van der Waals surface area contributed by atoms with Gasteiger partial charge in [-0.1, -0.05) is 106 Å². The fourth-order valence-electron chi connectivity index (χ4n) is 4.90. The molecule has 2 aromatic carbocycles. The van der Waals surface area contributed by atoms with Crippen molar-refractivity contribution in [2.45, 2.75) is 115 Å². The summed E-state index contributed by atoms with van der Waals surface area (Å²) in [5.74, 6) is -0.794. The quantitative estimate of drug-likeness (QED) is 0.113. The van der Waals surface area contributed by atoms with Crippen LogP contribution in [0.15, 0.2) is 60.7 Å². The van der Waals surface area contributed by atoms with Crippen LogP contribution < -0.4 is 0 Å². The minimum atomic E-state index is -0.794. The van der Waals surface area contributed by atoms with Crippen molar-refractivity contribution < 1.29 is 19.6 Å². The smallest absolute Gasteiger partial charge is 0.233 e. The third-order valence-electron chi connectivity index (χ3n) is 7.11.